The molecular weight excluding hydrogens is 362 g/mol. The maximum absolute atomic E-state index is 11.2. The van der Waals surface area contributed by atoms with Crippen LogP contribution in [-0.4, -0.2) is 10.8 Å². The molecule has 2 aromatic carbocycles. The van der Waals surface area contributed by atoms with Crippen molar-refractivity contribution in [1.82, 2.24) is 4.98 Å². The zero-order valence-corrected chi connectivity index (χ0v) is 17.0. The molecule has 1 aromatic heterocycles. The van der Waals surface area contributed by atoms with Crippen LogP contribution in [0.3, 0.4) is 0 Å². The highest BCUT2D eigenvalue weighted by Crippen LogP contribution is 2.23. The molecule has 0 saturated heterocycles. The number of carbonyl (C=O) groups excluding carboxylic acids is 1. The highest BCUT2D eigenvalue weighted by Gasteiger charge is 2.06. The molecule has 1 atom stereocenters. The van der Waals surface area contributed by atoms with Crippen LogP contribution in [0.1, 0.15) is 37.8 Å². The van der Waals surface area contributed by atoms with Crippen molar-refractivity contribution in [2.24, 2.45) is 5.92 Å². The van der Waals surface area contributed by atoms with Crippen LogP contribution in [-0.2, 0) is 17.8 Å². The highest BCUT2D eigenvalue weighted by atomic mass is 16.5. The molecule has 1 unspecified atom stereocenters. The number of pyridine rings is 1. The van der Waals surface area contributed by atoms with E-state index in [2.05, 4.69) is 24.0 Å². The fourth-order valence-corrected chi connectivity index (χ4v) is 3.11. The number of benzene rings is 2. The molecule has 0 radical (unpaired) electrons. The summed E-state index contributed by atoms with van der Waals surface area (Å²) in [5.74, 6) is 2.67. The second kappa shape index (κ2) is 10.4. The van der Waals surface area contributed by atoms with Crippen LogP contribution >= 0.6 is 0 Å². The summed E-state index contributed by atoms with van der Waals surface area (Å²) in [4.78, 5) is 15.5. The Kier molecular flexibility index (Phi) is 7.40. The van der Waals surface area contributed by atoms with E-state index in [9.17, 15) is 4.79 Å². The first kappa shape index (κ1) is 20.6. The average Bonchev–Trinajstić information content (AvgIpc) is 2.73. The predicted octanol–water partition coefficient (Wildman–Crippen LogP) is 6.00. The molecule has 150 valence electrons. The van der Waals surface area contributed by atoms with Gasteiger partial charge in [0, 0.05) is 12.5 Å². The Morgan fingerprint density at radius 3 is 2.31 bits per heavy atom. The summed E-state index contributed by atoms with van der Waals surface area (Å²) in [5, 5.41) is 0. The van der Waals surface area contributed by atoms with E-state index in [1.807, 2.05) is 54.6 Å². The summed E-state index contributed by atoms with van der Waals surface area (Å²) in [6, 6.07) is 21.7. The summed E-state index contributed by atoms with van der Waals surface area (Å²) in [7, 11) is 0. The lowest BCUT2D eigenvalue weighted by Gasteiger charge is -2.10. The van der Waals surface area contributed by atoms with Crippen LogP contribution in [0.15, 0.2) is 72.9 Å². The molecule has 0 spiro atoms. The molecule has 0 N–H and O–H groups in total. The lowest BCUT2D eigenvalue weighted by molar-refractivity contribution is -0.117. The van der Waals surface area contributed by atoms with Gasteiger partial charge in [0.25, 0.3) is 0 Å². The minimum Gasteiger partial charge on any atom is -0.473 e. The van der Waals surface area contributed by atoms with E-state index in [0.717, 1.165) is 24.2 Å². The molecule has 0 saturated carbocycles. The first-order chi connectivity index (χ1) is 14.1. The SMILES string of the molecule is CC(=O)CC(C)CCc1ccc(Oc2ccc(OCc3ccccc3)nc2)cc1. The summed E-state index contributed by atoms with van der Waals surface area (Å²) < 4.78 is 11.6. The average molecular weight is 389 g/mol. The fourth-order valence-electron chi connectivity index (χ4n) is 3.11. The second-order valence-electron chi connectivity index (χ2n) is 7.40. The molecule has 29 heavy (non-hydrogen) atoms. The number of Topliss-reactive ketones (excluding diaryl/α,β-unsaturated/α-hetero) is 1. The Bertz CT molecular complexity index is 890. The van der Waals surface area contributed by atoms with Crippen molar-refractivity contribution in [3.8, 4) is 17.4 Å². The molecule has 0 aliphatic heterocycles. The van der Waals surface area contributed by atoms with Gasteiger partial charge in [0.2, 0.25) is 5.88 Å². The number of ketones is 1. The molecule has 0 aliphatic rings. The second-order valence-corrected chi connectivity index (χ2v) is 7.40. The van der Waals surface area contributed by atoms with Gasteiger partial charge in [-0.2, -0.15) is 0 Å². The smallest absolute Gasteiger partial charge is 0.213 e. The van der Waals surface area contributed by atoms with E-state index in [0.29, 0.717) is 30.6 Å². The summed E-state index contributed by atoms with van der Waals surface area (Å²) >= 11 is 0. The fraction of sp³-hybridized carbons (Fsp3) is 0.280. The third kappa shape index (κ3) is 7.07. The molecule has 0 bridgehead atoms. The maximum atomic E-state index is 11.2. The van der Waals surface area contributed by atoms with Gasteiger partial charge in [0.1, 0.15) is 23.9 Å². The molecule has 4 heteroatoms. The van der Waals surface area contributed by atoms with E-state index < -0.39 is 0 Å². The van der Waals surface area contributed by atoms with Crippen molar-refractivity contribution in [1.29, 1.82) is 0 Å². The van der Waals surface area contributed by atoms with Gasteiger partial charge in [0.15, 0.2) is 0 Å². The van der Waals surface area contributed by atoms with Gasteiger partial charge in [-0.25, -0.2) is 4.98 Å². The van der Waals surface area contributed by atoms with Crippen molar-refractivity contribution in [2.75, 3.05) is 0 Å². The number of rotatable bonds is 10. The summed E-state index contributed by atoms with van der Waals surface area (Å²) in [6.45, 7) is 4.26. The third-order valence-electron chi connectivity index (χ3n) is 4.66. The lowest BCUT2D eigenvalue weighted by Crippen LogP contribution is -2.03. The molecule has 3 aromatic rings. The van der Waals surface area contributed by atoms with E-state index >= 15 is 0 Å². The first-order valence-corrected chi connectivity index (χ1v) is 9.97. The minimum atomic E-state index is 0.256. The van der Waals surface area contributed by atoms with E-state index in [-0.39, 0.29) is 5.78 Å². The Balaban J connectivity index is 1.47. The van der Waals surface area contributed by atoms with Crippen molar-refractivity contribution in [2.45, 2.75) is 39.7 Å². The van der Waals surface area contributed by atoms with E-state index in [1.54, 1.807) is 13.1 Å². The minimum absolute atomic E-state index is 0.256. The van der Waals surface area contributed by atoms with Crippen LogP contribution in [0.5, 0.6) is 17.4 Å². The Morgan fingerprint density at radius 2 is 1.66 bits per heavy atom. The largest absolute Gasteiger partial charge is 0.473 e. The quantitative estimate of drug-likeness (QED) is 0.427. The van der Waals surface area contributed by atoms with E-state index in [1.165, 1.54) is 5.56 Å². The molecule has 3 rings (SSSR count). The van der Waals surface area contributed by atoms with Crippen LogP contribution in [0.4, 0.5) is 0 Å². The van der Waals surface area contributed by atoms with Crippen molar-refractivity contribution >= 4 is 5.78 Å². The zero-order chi connectivity index (χ0) is 20.5. The highest BCUT2D eigenvalue weighted by molar-refractivity contribution is 5.75. The number of hydrogen-bond acceptors (Lipinski definition) is 4. The van der Waals surface area contributed by atoms with Gasteiger partial charge in [-0.1, -0.05) is 49.4 Å². The normalized spacial score (nSPS) is 11.7. The number of aryl methyl sites for hydroxylation is 1. The zero-order valence-electron chi connectivity index (χ0n) is 17.0. The lowest BCUT2D eigenvalue weighted by atomic mass is 9.97. The van der Waals surface area contributed by atoms with Crippen molar-refractivity contribution in [3.63, 3.8) is 0 Å². The van der Waals surface area contributed by atoms with Crippen molar-refractivity contribution in [3.05, 3.63) is 84.1 Å². The molecular formula is C25H27NO3. The topological polar surface area (TPSA) is 48.4 Å². The Morgan fingerprint density at radius 1 is 0.931 bits per heavy atom. The van der Waals surface area contributed by atoms with Crippen LogP contribution in [0.2, 0.25) is 0 Å². The Hall–Kier alpha value is -3.14. The molecule has 0 fully saturated rings. The molecule has 1 heterocycles. The van der Waals surface area contributed by atoms with Crippen molar-refractivity contribution < 1.29 is 14.3 Å². The van der Waals surface area contributed by atoms with Gasteiger partial charge in [0.05, 0.1) is 6.20 Å². The number of carbonyl (C=O) groups is 1. The van der Waals surface area contributed by atoms with Gasteiger partial charge in [-0.3, -0.25) is 0 Å². The first-order valence-electron chi connectivity index (χ1n) is 9.97. The molecule has 4 nitrogen and oxygen atoms in total. The number of hydrogen-bond donors (Lipinski definition) is 0. The van der Waals surface area contributed by atoms with Gasteiger partial charge < -0.3 is 14.3 Å². The summed E-state index contributed by atoms with van der Waals surface area (Å²) in [6.07, 6.45) is 4.29. The number of ether oxygens (including phenoxy) is 2. The van der Waals surface area contributed by atoms with Crippen LogP contribution in [0.25, 0.3) is 0 Å². The predicted molar refractivity (Wildman–Crippen MR) is 114 cm³/mol. The van der Waals surface area contributed by atoms with Gasteiger partial charge in [-0.05, 0) is 55.0 Å². The number of nitrogens with zero attached hydrogens (tertiary/aromatic N) is 1. The standard InChI is InChI=1S/C25H27NO3/c1-19(16-20(2)27)8-9-21-10-12-23(13-11-21)29-24-14-15-25(26-17-24)28-18-22-6-4-3-5-7-22/h3-7,10-15,17,19H,8-9,16,18H2,1-2H3. The molecule has 0 aliphatic carbocycles. The van der Waals surface area contributed by atoms with Gasteiger partial charge in [-0.15, -0.1) is 0 Å². The maximum Gasteiger partial charge on any atom is 0.213 e. The van der Waals surface area contributed by atoms with E-state index in [4.69, 9.17) is 9.47 Å². The Labute approximate surface area is 172 Å². The van der Waals surface area contributed by atoms with Crippen LogP contribution < -0.4 is 9.47 Å². The summed E-state index contributed by atoms with van der Waals surface area (Å²) in [5.41, 5.74) is 2.35. The monoisotopic (exact) mass is 389 g/mol. The number of aromatic nitrogens is 1. The van der Waals surface area contributed by atoms with Crippen LogP contribution in [0, 0.1) is 5.92 Å². The third-order valence-corrected chi connectivity index (χ3v) is 4.66. The molecule has 0 amide bonds. The van der Waals surface area contributed by atoms with Gasteiger partial charge >= 0.3 is 0 Å².